The Morgan fingerprint density at radius 2 is 1.96 bits per heavy atom. The van der Waals surface area contributed by atoms with Crippen LogP contribution in [0.4, 0.5) is 5.82 Å². The van der Waals surface area contributed by atoms with Crippen LogP contribution in [-0.2, 0) is 4.79 Å². The van der Waals surface area contributed by atoms with E-state index in [1.807, 2.05) is 50.2 Å². The van der Waals surface area contributed by atoms with Gasteiger partial charge in [-0.2, -0.15) is 5.10 Å². The van der Waals surface area contributed by atoms with Crippen LogP contribution in [-0.4, -0.2) is 28.4 Å². The van der Waals surface area contributed by atoms with Gasteiger partial charge < -0.3 is 9.84 Å². The monoisotopic (exact) mass is 383 g/mol. The van der Waals surface area contributed by atoms with E-state index in [9.17, 15) is 4.79 Å². The molecule has 0 spiro atoms. The molecule has 0 aliphatic rings. The van der Waals surface area contributed by atoms with E-state index in [-0.39, 0.29) is 6.61 Å². The second-order valence-corrected chi connectivity index (χ2v) is 6.44. The van der Waals surface area contributed by atoms with Crippen LogP contribution in [0.3, 0.4) is 0 Å². The minimum atomic E-state index is -1.01. The van der Waals surface area contributed by atoms with Crippen LogP contribution >= 0.6 is 11.6 Å². The number of carboxylic acids is 1. The summed E-state index contributed by atoms with van der Waals surface area (Å²) in [6, 6.07) is 14.5. The number of aryl methyl sites for hydroxylation is 1. The molecule has 0 amide bonds. The number of hydrogen-bond donors (Lipinski definition) is 2. The largest absolute Gasteiger partial charge is 0.482 e. The molecule has 138 valence electrons. The Labute approximate surface area is 161 Å². The van der Waals surface area contributed by atoms with Gasteiger partial charge in [-0.05, 0) is 73.5 Å². The number of carbonyl (C=O) groups is 1. The Kier molecular flexibility index (Phi) is 5.57. The number of aliphatic carboxylic acids is 1. The zero-order chi connectivity index (χ0) is 19.4. The van der Waals surface area contributed by atoms with E-state index in [0.717, 1.165) is 27.7 Å². The van der Waals surface area contributed by atoms with Crippen LogP contribution in [0.2, 0.25) is 5.02 Å². The number of hydrogen-bond acceptors (Lipinski definition) is 5. The fourth-order valence-electron chi connectivity index (χ4n) is 2.57. The first-order valence-electron chi connectivity index (χ1n) is 8.24. The third kappa shape index (κ3) is 4.74. The van der Waals surface area contributed by atoms with E-state index in [1.165, 1.54) is 0 Å². The van der Waals surface area contributed by atoms with Crippen molar-refractivity contribution in [2.45, 2.75) is 13.8 Å². The molecule has 7 heteroatoms. The summed E-state index contributed by atoms with van der Waals surface area (Å²) in [6.07, 6.45) is 0. The maximum Gasteiger partial charge on any atom is 0.341 e. The van der Waals surface area contributed by atoms with Gasteiger partial charge >= 0.3 is 5.97 Å². The lowest BCUT2D eigenvalue weighted by Gasteiger charge is -2.08. The van der Waals surface area contributed by atoms with Crippen molar-refractivity contribution in [3.63, 3.8) is 0 Å². The lowest BCUT2D eigenvalue weighted by atomic mass is 10.1. The molecule has 3 rings (SSSR count). The lowest BCUT2D eigenvalue weighted by Crippen LogP contribution is -2.09. The number of carboxylic acid groups (broad SMARTS) is 1. The molecule has 1 heterocycles. The molecule has 1 aromatic heterocycles. The first-order chi connectivity index (χ1) is 12.9. The number of nitrogens with one attached hydrogen (secondary N) is 1. The molecule has 27 heavy (non-hydrogen) atoms. The Hall–Kier alpha value is -3.12. The second-order valence-electron chi connectivity index (χ2n) is 6.00. The molecule has 0 aliphatic carbocycles. The first-order valence-corrected chi connectivity index (χ1v) is 8.62. The van der Waals surface area contributed by atoms with Crippen molar-refractivity contribution in [1.82, 2.24) is 4.98 Å². The highest BCUT2D eigenvalue weighted by molar-refractivity contribution is 6.31. The maximum atomic E-state index is 10.5. The van der Waals surface area contributed by atoms with Crippen molar-refractivity contribution in [1.29, 1.82) is 0 Å². The summed E-state index contributed by atoms with van der Waals surface area (Å²) in [5.74, 6) is 0.122. The van der Waals surface area contributed by atoms with Crippen LogP contribution in [0.15, 0.2) is 53.6 Å². The third-order valence-electron chi connectivity index (χ3n) is 3.95. The number of anilines is 1. The molecule has 3 aromatic rings. The summed E-state index contributed by atoms with van der Waals surface area (Å²) in [4.78, 5) is 15.1. The summed E-state index contributed by atoms with van der Waals surface area (Å²) in [5, 5.41) is 14.7. The van der Waals surface area contributed by atoms with Crippen LogP contribution in [0.5, 0.6) is 5.75 Å². The quantitative estimate of drug-likeness (QED) is 0.483. The Morgan fingerprint density at radius 1 is 1.22 bits per heavy atom. The van der Waals surface area contributed by atoms with E-state index < -0.39 is 5.97 Å². The molecular weight excluding hydrogens is 366 g/mol. The van der Waals surface area contributed by atoms with Gasteiger partial charge in [-0.3, -0.25) is 5.43 Å². The highest BCUT2D eigenvalue weighted by atomic mass is 35.5. The van der Waals surface area contributed by atoms with E-state index in [0.29, 0.717) is 16.6 Å². The molecule has 0 aliphatic heterocycles. The number of halogens is 1. The molecule has 6 nitrogen and oxygen atoms in total. The van der Waals surface area contributed by atoms with Gasteiger partial charge in [-0.1, -0.05) is 11.6 Å². The van der Waals surface area contributed by atoms with E-state index >= 15 is 0 Å². The van der Waals surface area contributed by atoms with E-state index in [1.54, 1.807) is 12.1 Å². The maximum absolute atomic E-state index is 10.5. The lowest BCUT2D eigenvalue weighted by molar-refractivity contribution is -0.139. The Bertz CT molecular complexity index is 1020. The first kappa shape index (κ1) is 18.7. The molecule has 0 atom stereocenters. The third-order valence-corrected chi connectivity index (χ3v) is 4.19. The van der Waals surface area contributed by atoms with Crippen molar-refractivity contribution in [2.75, 3.05) is 12.0 Å². The SMILES string of the molecule is C/C(=N/Nc1cc(C)c2cc(Cl)ccc2n1)c1ccc(OCC(=O)O)cc1. The van der Waals surface area contributed by atoms with Gasteiger partial charge in [-0.15, -0.1) is 0 Å². The highest BCUT2D eigenvalue weighted by Gasteiger charge is 2.05. The van der Waals surface area contributed by atoms with Gasteiger partial charge in [0.15, 0.2) is 6.61 Å². The summed E-state index contributed by atoms with van der Waals surface area (Å²) < 4.78 is 5.12. The van der Waals surface area contributed by atoms with Crippen LogP contribution < -0.4 is 10.2 Å². The van der Waals surface area contributed by atoms with Crippen molar-refractivity contribution in [2.24, 2.45) is 5.10 Å². The number of ether oxygens (including phenoxy) is 1. The van der Waals surface area contributed by atoms with Gasteiger partial charge in [-0.25, -0.2) is 9.78 Å². The second kappa shape index (κ2) is 8.05. The highest BCUT2D eigenvalue weighted by Crippen LogP contribution is 2.23. The topological polar surface area (TPSA) is 83.8 Å². The van der Waals surface area contributed by atoms with Gasteiger partial charge in [0.05, 0.1) is 11.2 Å². The number of hydrazone groups is 1. The van der Waals surface area contributed by atoms with Crippen molar-refractivity contribution in [3.05, 3.63) is 64.7 Å². The fourth-order valence-corrected chi connectivity index (χ4v) is 2.74. The van der Waals surface area contributed by atoms with E-state index in [4.69, 9.17) is 21.4 Å². The van der Waals surface area contributed by atoms with Crippen molar-refractivity contribution < 1.29 is 14.6 Å². The van der Waals surface area contributed by atoms with Crippen LogP contribution in [0, 0.1) is 6.92 Å². The molecule has 2 aromatic carbocycles. The van der Waals surface area contributed by atoms with Crippen molar-refractivity contribution in [3.8, 4) is 5.75 Å². The van der Waals surface area contributed by atoms with Gasteiger partial charge in [0.2, 0.25) is 0 Å². The number of rotatable bonds is 6. The predicted octanol–water partition coefficient (Wildman–Crippen LogP) is 4.50. The van der Waals surface area contributed by atoms with Crippen LogP contribution in [0.25, 0.3) is 10.9 Å². The Morgan fingerprint density at radius 3 is 2.67 bits per heavy atom. The minimum absolute atomic E-state index is 0.369. The smallest absolute Gasteiger partial charge is 0.341 e. The molecule has 0 bridgehead atoms. The number of benzene rings is 2. The minimum Gasteiger partial charge on any atom is -0.482 e. The summed E-state index contributed by atoms with van der Waals surface area (Å²) in [7, 11) is 0. The normalized spacial score (nSPS) is 11.4. The summed E-state index contributed by atoms with van der Waals surface area (Å²) in [6.45, 7) is 3.50. The molecule has 0 unspecified atom stereocenters. The average molecular weight is 384 g/mol. The summed E-state index contributed by atoms with van der Waals surface area (Å²) in [5.41, 5.74) is 6.52. The molecular formula is C20H18ClN3O3. The van der Waals surface area contributed by atoms with Crippen molar-refractivity contribution >= 4 is 40.0 Å². The van der Waals surface area contributed by atoms with Gasteiger partial charge in [0, 0.05) is 10.4 Å². The number of nitrogens with zero attached hydrogens (tertiary/aromatic N) is 2. The molecule has 0 fully saturated rings. The fraction of sp³-hybridized carbons (Fsp3) is 0.150. The zero-order valence-electron chi connectivity index (χ0n) is 14.9. The Balaban J connectivity index is 1.74. The summed E-state index contributed by atoms with van der Waals surface area (Å²) >= 11 is 6.04. The molecule has 0 radical (unpaired) electrons. The van der Waals surface area contributed by atoms with Gasteiger partial charge in [0.25, 0.3) is 0 Å². The number of fused-ring (bicyclic) bond motifs is 1. The van der Waals surface area contributed by atoms with Gasteiger partial charge in [0.1, 0.15) is 11.6 Å². The average Bonchev–Trinajstić information content (AvgIpc) is 2.65. The molecule has 0 saturated carbocycles. The van der Waals surface area contributed by atoms with E-state index in [2.05, 4.69) is 15.5 Å². The number of aromatic nitrogens is 1. The molecule has 0 saturated heterocycles. The standard InChI is InChI=1S/C20H18ClN3O3/c1-12-9-19(22-18-8-5-15(21)10-17(12)18)24-23-13(2)14-3-6-16(7-4-14)27-11-20(25)26/h3-10H,11H2,1-2H3,(H,22,24)(H,25,26)/b23-13-. The zero-order valence-corrected chi connectivity index (χ0v) is 15.6. The number of pyridine rings is 1. The van der Waals surface area contributed by atoms with Crippen LogP contribution in [0.1, 0.15) is 18.1 Å². The predicted molar refractivity (Wildman–Crippen MR) is 107 cm³/mol. The molecule has 2 N–H and O–H groups in total.